The summed E-state index contributed by atoms with van der Waals surface area (Å²) in [6, 6.07) is 4.97. The van der Waals surface area contributed by atoms with Crippen LogP contribution in [0, 0.1) is 11.8 Å². The van der Waals surface area contributed by atoms with E-state index < -0.39 is 5.97 Å². The summed E-state index contributed by atoms with van der Waals surface area (Å²) in [6.45, 7) is 4.68. The Balaban J connectivity index is 2.00. The van der Waals surface area contributed by atoms with Gasteiger partial charge >= 0.3 is 5.97 Å². The van der Waals surface area contributed by atoms with E-state index in [1.165, 1.54) is 7.11 Å². The minimum atomic E-state index is -0.792. The number of carboxylic acid groups (broad SMARTS) is 1. The van der Waals surface area contributed by atoms with Gasteiger partial charge in [0.05, 0.1) is 19.6 Å². The first-order chi connectivity index (χ1) is 11.4. The number of amides is 1. The first-order valence-corrected chi connectivity index (χ1v) is 8.25. The second-order valence-corrected chi connectivity index (χ2v) is 6.59. The molecule has 0 heterocycles. The summed E-state index contributed by atoms with van der Waals surface area (Å²) >= 11 is 0. The molecule has 1 fully saturated rings. The number of aliphatic carboxylic acids is 1. The zero-order chi connectivity index (χ0) is 17.7. The Morgan fingerprint density at radius 1 is 1.29 bits per heavy atom. The molecule has 2 atom stereocenters. The molecular formula is C18H25NO5. The average molecular weight is 335 g/mol. The third-order valence-corrected chi connectivity index (χ3v) is 4.12. The van der Waals surface area contributed by atoms with E-state index in [0.29, 0.717) is 48.8 Å². The van der Waals surface area contributed by atoms with E-state index in [-0.39, 0.29) is 17.9 Å². The lowest BCUT2D eigenvalue weighted by molar-refractivity contribution is -0.141. The van der Waals surface area contributed by atoms with E-state index in [2.05, 4.69) is 19.2 Å². The average Bonchev–Trinajstić information content (AvgIpc) is 3.01. The minimum Gasteiger partial charge on any atom is -0.493 e. The second-order valence-electron chi connectivity index (χ2n) is 6.59. The Morgan fingerprint density at radius 3 is 2.62 bits per heavy atom. The molecule has 0 unspecified atom stereocenters. The number of hydrogen-bond acceptors (Lipinski definition) is 4. The van der Waals surface area contributed by atoms with Crippen molar-refractivity contribution in [1.82, 2.24) is 5.32 Å². The van der Waals surface area contributed by atoms with E-state index >= 15 is 0 Å². The minimum absolute atomic E-state index is 0.0959. The SMILES string of the molecule is COc1cc(C(=O)N[C@@H]2CC[C@H](C(=O)O)C2)ccc1OCC(C)C. The number of rotatable bonds is 7. The maximum Gasteiger partial charge on any atom is 0.306 e. The molecule has 0 aliphatic heterocycles. The standard InChI is InChI=1S/C18H25NO5/c1-11(2)10-24-15-7-5-12(9-16(15)23-3)17(20)19-14-6-4-13(8-14)18(21)22/h5,7,9,11,13-14H,4,6,8,10H2,1-3H3,(H,19,20)(H,21,22)/t13-,14+/m0/s1. The van der Waals surface area contributed by atoms with Crippen molar-refractivity contribution in [2.45, 2.75) is 39.2 Å². The summed E-state index contributed by atoms with van der Waals surface area (Å²) in [5.74, 6) is 0.131. The van der Waals surface area contributed by atoms with Crippen LogP contribution >= 0.6 is 0 Å². The third kappa shape index (κ3) is 4.63. The number of carboxylic acids is 1. The summed E-state index contributed by atoms with van der Waals surface area (Å²) in [4.78, 5) is 23.4. The van der Waals surface area contributed by atoms with Crippen LogP contribution in [-0.2, 0) is 4.79 Å². The summed E-state index contributed by atoms with van der Waals surface area (Å²) in [6.07, 6.45) is 1.77. The van der Waals surface area contributed by atoms with Crippen LogP contribution in [0.4, 0.5) is 0 Å². The lowest BCUT2D eigenvalue weighted by atomic mass is 10.1. The number of benzene rings is 1. The zero-order valence-electron chi connectivity index (χ0n) is 14.4. The van der Waals surface area contributed by atoms with Gasteiger partial charge in [0.15, 0.2) is 11.5 Å². The highest BCUT2D eigenvalue weighted by Crippen LogP contribution is 2.29. The van der Waals surface area contributed by atoms with Crippen LogP contribution in [0.15, 0.2) is 18.2 Å². The van der Waals surface area contributed by atoms with E-state index in [0.717, 1.165) is 0 Å². The number of hydrogen-bond donors (Lipinski definition) is 2. The molecule has 1 aromatic carbocycles. The highest BCUT2D eigenvalue weighted by Gasteiger charge is 2.30. The van der Waals surface area contributed by atoms with E-state index in [9.17, 15) is 9.59 Å². The Bertz CT molecular complexity index is 599. The predicted molar refractivity (Wildman–Crippen MR) is 89.6 cm³/mol. The van der Waals surface area contributed by atoms with Crippen LogP contribution in [-0.4, -0.2) is 36.7 Å². The first kappa shape index (κ1) is 18.1. The van der Waals surface area contributed by atoms with Crippen molar-refractivity contribution in [3.63, 3.8) is 0 Å². The van der Waals surface area contributed by atoms with E-state index in [4.69, 9.17) is 14.6 Å². The van der Waals surface area contributed by atoms with Crippen LogP contribution in [0.2, 0.25) is 0 Å². The molecule has 1 aliphatic carbocycles. The van der Waals surface area contributed by atoms with Gasteiger partial charge in [-0.3, -0.25) is 9.59 Å². The summed E-state index contributed by atoms with van der Waals surface area (Å²) in [5, 5.41) is 11.9. The topological polar surface area (TPSA) is 84.9 Å². The van der Waals surface area contributed by atoms with Crippen LogP contribution in [0.1, 0.15) is 43.5 Å². The molecule has 0 bridgehead atoms. The maximum absolute atomic E-state index is 12.4. The van der Waals surface area contributed by atoms with Gasteiger partial charge in [0.1, 0.15) is 0 Å². The van der Waals surface area contributed by atoms with Crippen LogP contribution in [0.25, 0.3) is 0 Å². The molecule has 0 radical (unpaired) electrons. The van der Waals surface area contributed by atoms with Gasteiger partial charge in [-0.1, -0.05) is 13.8 Å². The molecule has 0 spiro atoms. The van der Waals surface area contributed by atoms with Crippen molar-refractivity contribution in [2.75, 3.05) is 13.7 Å². The zero-order valence-corrected chi connectivity index (χ0v) is 14.4. The number of methoxy groups -OCH3 is 1. The Labute approximate surface area is 142 Å². The number of ether oxygens (including phenoxy) is 2. The largest absolute Gasteiger partial charge is 0.493 e. The molecular weight excluding hydrogens is 310 g/mol. The smallest absolute Gasteiger partial charge is 0.306 e. The molecule has 0 saturated heterocycles. The fraction of sp³-hybridized carbons (Fsp3) is 0.556. The van der Waals surface area contributed by atoms with Crippen LogP contribution < -0.4 is 14.8 Å². The fourth-order valence-electron chi connectivity index (χ4n) is 2.79. The van der Waals surface area contributed by atoms with Gasteiger partial charge in [-0.05, 0) is 43.4 Å². The van der Waals surface area contributed by atoms with Crippen molar-refractivity contribution < 1.29 is 24.2 Å². The Morgan fingerprint density at radius 2 is 2.04 bits per heavy atom. The molecule has 6 heteroatoms. The maximum atomic E-state index is 12.4. The van der Waals surface area contributed by atoms with Crippen molar-refractivity contribution in [1.29, 1.82) is 0 Å². The van der Waals surface area contributed by atoms with Crippen molar-refractivity contribution >= 4 is 11.9 Å². The Kier molecular flexibility index (Phi) is 6.06. The highest BCUT2D eigenvalue weighted by molar-refractivity contribution is 5.95. The first-order valence-electron chi connectivity index (χ1n) is 8.25. The molecule has 1 amide bonds. The predicted octanol–water partition coefficient (Wildman–Crippen LogP) is 2.71. The van der Waals surface area contributed by atoms with Crippen LogP contribution in [0.5, 0.6) is 11.5 Å². The fourth-order valence-corrected chi connectivity index (χ4v) is 2.79. The molecule has 2 N–H and O–H groups in total. The van der Waals surface area contributed by atoms with E-state index in [1.54, 1.807) is 18.2 Å². The van der Waals surface area contributed by atoms with E-state index in [1.807, 2.05) is 0 Å². The summed E-state index contributed by atoms with van der Waals surface area (Å²) < 4.78 is 11.0. The molecule has 1 aromatic rings. The normalized spacial score (nSPS) is 20.0. The second kappa shape index (κ2) is 8.04. The van der Waals surface area contributed by atoms with Gasteiger partial charge in [0.2, 0.25) is 0 Å². The third-order valence-electron chi connectivity index (χ3n) is 4.12. The molecule has 2 rings (SSSR count). The van der Waals surface area contributed by atoms with Gasteiger partial charge in [0.25, 0.3) is 5.91 Å². The molecule has 6 nitrogen and oxygen atoms in total. The molecule has 132 valence electrons. The molecule has 1 aliphatic rings. The van der Waals surface area contributed by atoms with Gasteiger partial charge < -0.3 is 19.9 Å². The Hall–Kier alpha value is -2.24. The number of carbonyl (C=O) groups is 2. The van der Waals surface area contributed by atoms with Crippen molar-refractivity contribution in [2.24, 2.45) is 11.8 Å². The summed E-state index contributed by atoms with van der Waals surface area (Å²) in [5.41, 5.74) is 0.475. The lowest BCUT2D eigenvalue weighted by Gasteiger charge is -2.15. The van der Waals surface area contributed by atoms with Gasteiger partial charge in [-0.2, -0.15) is 0 Å². The monoisotopic (exact) mass is 335 g/mol. The lowest BCUT2D eigenvalue weighted by Crippen LogP contribution is -2.33. The number of carbonyl (C=O) groups excluding carboxylic acids is 1. The molecule has 24 heavy (non-hydrogen) atoms. The highest BCUT2D eigenvalue weighted by atomic mass is 16.5. The molecule has 1 saturated carbocycles. The quantitative estimate of drug-likeness (QED) is 0.800. The number of nitrogens with one attached hydrogen (secondary N) is 1. The van der Waals surface area contributed by atoms with Gasteiger partial charge in [0, 0.05) is 11.6 Å². The van der Waals surface area contributed by atoms with Crippen molar-refractivity contribution in [3.05, 3.63) is 23.8 Å². The summed E-state index contributed by atoms with van der Waals surface area (Å²) in [7, 11) is 1.54. The van der Waals surface area contributed by atoms with Gasteiger partial charge in [-0.15, -0.1) is 0 Å². The molecule has 0 aromatic heterocycles. The van der Waals surface area contributed by atoms with Crippen molar-refractivity contribution in [3.8, 4) is 11.5 Å². The van der Waals surface area contributed by atoms with Crippen LogP contribution in [0.3, 0.4) is 0 Å². The van der Waals surface area contributed by atoms with Gasteiger partial charge in [-0.25, -0.2) is 0 Å².